The first-order valence-corrected chi connectivity index (χ1v) is 3.80. The first-order valence-electron chi connectivity index (χ1n) is 3.80. The van der Waals surface area contributed by atoms with Gasteiger partial charge in [-0.1, -0.05) is 12.1 Å². The number of benzene rings is 1. The van der Waals surface area contributed by atoms with Gasteiger partial charge in [0.05, 0.1) is 0 Å². The fourth-order valence-corrected chi connectivity index (χ4v) is 1.60. The van der Waals surface area contributed by atoms with E-state index >= 15 is 0 Å². The van der Waals surface area contributed by atoms with Crippen LogP contribution in [0.5, 0.6) is 5.75 Å². The fraction of sp³-hybridized carbons (Fsp3) is 0.333. The Bertz CT molecular complexity index is 320. The molecule has 1 N–H and O–H groups in total. The molecule has 0 aliphatic heterocycles. The first kappa shape index (κ1) is 7.53. The lowest BCUT2D eigenvalue weighted by molar-refractivity contribution is -0.00186. The van der Waals surface area contributed by atoms with Gasteiger partial charge in [0.25, 0.3) is 5.92 Å². The molecule has 0 spiro atoms. The number of phenols is 1. The third-order valence-electron chi connectivity index (χ3n) is 2.23. The fourth-order valence-electron chi connectivity index (χ4n) is 1.60. The van der Waals surface area contributed by atoms with Gasteiger partial charge < -0.3 is 5.11 Å². The second-order valence-electron chi connectivity index (χ2n) is 3.01. The van der Waals surface area contributed by atoms with Crippen LogP contribution in [0.15, 0.2) is 18.2 Å². The van der Waals surface area contributed by atoms with Crippen molar-refractivity contribution in [1.82, 2.24) is 0 Å². The molecule has 2 rings (SSSR count). The molecule has 1 aromatic rings. The Morgan fingerprint density at radius 1 is 1.33 bits per heavy atom. The van der Waals surface area contributed by atoms with Crippen LogP contribution in [0, 0.1) is 0 Å². The maximum Gasteiger partial charge on any atom is 0.273 e. The van der Waals surface area contributed by atoms with E-state index in [-0.39, 0.29) is 24.2 Å². The molecule has 1 nitrogen and oxygen atoms in total. The molecule has 1 aromatic carbocycles. The predicted octanol–water partition coefficient (Wildman–Crippen LogP) is 2.43. The average Bonchev–Trinajstić information content (AvgIpc) is 2.30. The molecule has 0 saturated carbocycles. The number of rotatable bonds is 0. The van der Waals surface area contributed by atoms with Crippen molar-refractivity contribution in [3.63, 3.8) is 0 Å². The SMILES string of the molecule is Oc1cccc2c1CCC2(F)F. The molecule has 0 heterocycles. The van der Waals surface area contributed by atoms with Gasteiger partial charge in [-0.3, -0.25) is 0 Å². The van der Waals surface area contributed by atoms with Gasteiger partial charge in [0.15, 0.2) is 0 Å². The number of hydrogen-bond acceptors (Lipinski definition) is 1. The van der Waals surface area contributed by atoms with Gasteiger partial charge >= 0.3 is 0 Å². The highest BCUT2D eigenvalue weighted by Gasteiger charge is 2.39. The number of aromatic hydroxyl groups is 1. The molecule has 64 valence electrons. The summed E-state index contributed by atoms with van der Waals surface area (Å²) in [5.41, 5.74) is 0.394. The third kappa shape index (κ3) is 0.891. The number of hydrogen-bond donors (Lipinski definition) is 1. The van der Waals surface area contributed by atoms with E-state index in [0.29, 0.717) is 5.56 Å². The van der Waals surface area contributed by atoms with Gasteiger partial charge in [-0.25, -0.2) is 8.78 Å². The highest BCUT2D eigenvalue weighted by Crippen LogP contribution is 2.44. The van der Waals surface area contributed by atoms with Crippen LogP contribution in [0.25, 0.3) is 0 Å². The molecule has 3 heteroatoms. The van der Waals surface area contributed by atoms with Crippen molar-refractivity contribution < 1.29 is 13.9 Å². The highest BCUT2D eigenvalue weighted by atomic mass is 19.3. The van der Waals surface area contributed by atoms with E-state index < -0.39 is 5.92 Å². The molecular formula is C9H8F2O. The Morgan fingerprint density at radius 2 is 2.08 bits per heavy atom. The zero-order valence-corrected chi connectivity index (χ0v) is 6.35. The maximum absolute atomic E-state index is 13.0. The molecule has 0 fully saturated rings. The second kappa shape index (κ2) is 2.19. The highest BCUT2D eigenvalue weighted by molar-refractivity contribution is 5.44. The van der Waals surface area contributed by atoms with Crippen LogP contribution in [0.4, 0.5) is 8.78 Å². The summed E-state index contributed by atoms with van der Waals surface area (Å²) in [5.74, 6) is -2.75. The van der Waals surface area contributed by atoms with Crippen LogP contribution in [-0.4, -0.2) is 5.11 Å². The summed E-state index contributed by atoms with van der Waals surface area (Å²) in [6, 6.07) is 4.27. The lowest BCUT2D eigenvalue weighted by Gasteiger charge is -2.09. The van der Waals surface area contributed by atoms with Crippen molar-refractivity contribution in [2.75, 3.05) is 0 Å². The van der Waals surface area contributed by atoms with Crippen LogP contribution in [0.1, 0.15) is 17.5 Å². The van der Waals surface area contributed by atoms with Crippen molar-refractivity contribution in [3.8, 4) is 5.75 Å². The van der Waals surface area contributed by atoms with E-state index in [4.69, 9.17) is 0 Å². The molecule has 1 aliphatic rings. The Labute approximate surface area is 68.6 Å². The first-order chi connectivity index (χ1) is 5.61. The Kier molecular flexibility index (Phi) is 1.37. The quantitative estimate of drug-likeness (QED) is 0.634. The Morgan fingerprint density at radius 3 is 2.75 bits per heavy atom. The van der Waals surface area contributed by atoms with Gasteiger partial charge in [0.2, 0.25) is 0 Å². The van der Waals surface area contributed by atoms with Crippen LogP contribution in [0.2, 0.25) is 0 Å². The minimum atomic E-state index is -2.74. The molecule has 0 bridgehead atoms. The molecule has 0 atom stereocenters. The summed E-state index contributed by atoms with van der Waals surface area (Å²) in [4.78, 5) is 0. The average molecular weight is 170 g/mol. The van der Waals surface area contributed by atoms with Crippen LogP contribution in [-0.2, 0) is 12.3 Å². The summed E-state index contributed by atoms with van der Waals surface area (Å²) in [7, 11) is 0. The monoisotopic (exact) mass is 170 g/mol. The maximum atomic E-state index is 13.0. The zero-order chi connectivity index (χ0) is 8.77. The molecular weight excluding hydrogens is 162 g/mol. The third-order valence-corrected chi connectivity index (χ3v) is 2.23. The topological polar surface area (TPSA) is 20.2 Å². The minimum Gasteiger partial charge on any atom is -0.508 e. The number of alkyl halides is 2. The van der Waals surface area contributed by atoms with E-state index in [0.717, 1.165) is 0 Å². The molecule has 0 radical (unpaired) electrons. The normalized spacial score (nSPS) is 19.2. The summed E-state index contributed by atoms with van der Waals surface area (Å²) in [6.07, 6.45) is 0.0922. The van der Waals surface area contributed by atoms with E-state index in [1.165, 1.54) is 18.2 Å². The van der Waals surface area contributed by atoms with Crippen LogP contribution < -0.4 is 0 Å². The van der Waals surface area contributed by atoms with Gasteiger partial charge in [-0.15, -0.1) is 0 Å². The van der Waals surface area contributed by atoms with Gasteiger partial charge in [-0.2, -0.15) is 0 Å². The summed E-state index contributed by atoms with van der Waals surface area (Å²) < 4.78 is 26.0. The van der Waals surface area contributed by atoms with Gasteiger partial charge in [0, 0.05) is 17.5 Å². The molecule has 0 aromatic heterocycles. The lowest BCUT2D eigenvalue weighted by atomic mass is 10.1. The Hall–Kier alpha value is -1.12. The van der Waals surface area contributed by atoms with Crippen LogP contribution in [0.3, 0.4) is 0 Å². The van der Waals surface area contributed by atoms with E-state index in [1.54, 1.807) is 0 Å². The van der Waals surface area contributed by atoms with Gasteiger partial charge in [0.1, 0.15) is 5.75 Å². The molecule has 12 heavy (non-hydrogen) atoms. The number of fused-ring (bicyclic) bond motifs is 1. The van der Waals surface area contributed by atoms with Crippen LogP contribution >= 0.6 is 0 Å². The molecule has 1 aliphatic carbocycles. The van der Waals surface area contributed by atoms with Crippen molar-refractivity contribution in [2.24, 2.45) is 0 Å². The largest absolute Gasteiger partial charge is 0.508 e. The van der Waals surface area contributed by atoms with E-state index in [9.17, 15) is 13.9 Å². The molecule has 0 amide bonds. The molecule has 0 unspecified atom stereocenters. The van der Waals surface area contributed by atoms with Crippen molar-refractivity contribution in [3.05, 3.63) is 29.3 Å². The molecule has 0 saturated heterocycles. The second-order valence-corrected chi connectivity index (χ2v) is 3.01. The summed E-state index contributed by atoms with van der Waals surface area (Å²) in [6.45, 7) is 0. The van der Waals surface area contributed by atoms with E-state index in [1.807, 2.05) is 0 Å². The predicted molar refractivity (Wildman–Crippen MR) is 40.3 cm³/mol. The van der Waals surface area contributed by atoms with E-state index in [2.05, 4.69) is 0 Å². The minimum absolute atomic E-state index is 0.00956. The lowest BCUT2D eigenvalue weighted by Crippen LogP contribution is -2.06. The van der Waals surface area contributed by atoms with Crippen molar-refractivity contribution >= 4 is 0 Å². The van der Waals surface area contributed by atoms with Gasteiger partial charge in [-0.05, 0) is 12.5 Å². The summed E-state index contributed by atoms with van der Waals surface area (Å²) >= 11 is 0. The Balaban J connectivity index is 2.61. The smallest absolute Gasteiger partial charge is 0.273 e. The van der Waals surface area contributed by atoms with Crippen molar-refractivity contribution in [1.29, 1.82) is 0 Å². The summed E-state index contributed by atoms with van der Waals surface area (Å²) in [5, 5.41) is 9.23. The zero-order valence-electron chi connectivity index (χ0n) is 6.35. The van der Waals surface area contributed by atoms with Crippen molar-refractivity contribution in [2.45, 2.75) is 18.8 Å². The standard InChI is InChI=1S/C9H8F2O/c10-9(11)5-4-6-7(9)2-1-3-8(6)12/h1-3,12H,4-5H2. The number of halogens is 2. The number of phenolic OH excluding ortho intramolecular Hbond substituents is 1.